The summed E-state index contributed by atoms with van der Waals surface area (Å²) in [7, 11) is 0. The molecule has 25 heavy (non-hydrogen) atoms. The predicted octanol–water partition coefficient (Wildman–Crippen LogP) is 7.23. The van der Waals surface area contributed by atoms with Crippen molar-refractivity contribution in [3.8, 4) is 0 Å². The first-order valence-corrected chi connectivity index (χ1v) is 11.1. The van der Waals surface area contributed by atoms with E-state index in [1.807, 2.05) is 0 Å². The van der Waals surface area contributed by atoms with Gasteiger partial charge in [-0.1, -0.05) is 84.5 Å². The number of aromatic nitrogens is 2. The van der Waals surface area contributed by atoms with Gasteiger partial charge in [-0.05, 0) is 37.2 Å². The quantitative estimate of drug-likeness (QED) is 0.374. The van der Waals surface area contributed by atoms with Crippen molar-refractivity contribution >= 4 is 0 Å². The van der Waals surface area contributed by atoms with Gasteiger partial charge in [0.25, 0.3) is 0 Å². The van der Waals surface area contributed by atoms with E-state index >= 15 is 0 Å². The zero-order valence-electron chi connectivity index (χ0n) is 16.8. The van der Waals surface area contributed by atoms with Gasteiger partial charge in [0.15, 0.2) is 0 Å². The Bertz CT molecular complexity index is 432. The third kappa shape index (κ3) is 8.33. The Balaban J connectivity index is 1.52. The van der Waals surface area contributed by atoms with Crippen molar-refractivity contribution < 1.29 is 0 Å². The lowest BCUT2D eigenvalue weighted by Gasteiger charge is -2.24. The van der Waals surface area contributed by atoms with Crippen LogP contribution >= 0.6 is 0 Å². The molecule has 0 unspecified atom stereocenters. The van der Waals surface area contributed by atoms with Crippen LogP contribution in [-0.4, -0.2) is 9.97 Å². The van der Waals surface area contributed by atoms with Crippen molar-refractivity contribution in [2.75, 3.05) is 0 Å². The lowest BCUT2D eigenvalue weighted by Crippen LogP contribution is -2.13. The second kappa shape index (κ2) is 12.4. The minimum Gasteiger partial charge on any atom is -0.241 e. The molecule has 1 saturated carbocycles. The Morgan fingerprint density at radius 3 is 1.84 bits per heavy atom. The number of aryl methyl sites for hydroxylation is 1. The number of hydrogen-bond donors (Lipinski definition) is 0. The van der Waals surface area contributed by atoms with E-state index in [0.29, 0.717) is 5.92 Å². The van der Waals surface area contributed by atoms with E-state index in [0.717, 1.165) is 18.2 Å². The van der Waals surface area contributed by atoms with Crippen molar-refractivity contribution in [2.24, 2.45) is 5.92 Å². The third-order valence-corrected chi connectivity index (χ3v) is 5.93. The first-order valence-electron chi connectivity index (χ1n) is 11.1. The van der Waals surface area contributed by atoms with Crippen molar-refractivity contribution in [3.63, 3.8) is 0 Å². The summed E-state index contributed by atoms with van der Waals surface area (Å²) in [5.41, 5.74) is 1.33. The van der Waals surface area contributed by atoms with Crippen LogP contribution in [0.4, 0.5) is 0 Å². The Labute approximate surface area is 156 Å². The van der Waals surface area contributed by atoms with E-state index in [9.17, 15) is 0 Å². The number of unbranched alkanes of at least 4 members (excludes halogenated alkanes) is 9. The van der Waals surface area contributed by atoms with Crippen LogP contribution in [0.5, 0.6) is 0 Å². The molecule has 0 atom stereocenters. The third-order valence-electron chi connectivity index (χ3n) is 5.93. The van der Waals surface area contributed by atoms with Crippen LogP contribution in [0.25, 0.3) is 0 Å². The molecular weight excluding hydrogens is 304 g/mol. The zero-order chi connectivity index (χ0) is 17.7. The van der Waals surface area contributed by atoms with Crippen LogP contribution in [0.1, 0.15) is 121 Å². The molecule has 0 aliphatic heterocycles. The standard InChI is InChI=1S/C23H40N2/c1-3-4-5-6-7-8-9-10-11-12-13-21-18-24-23(25-19-21)22-16-14-20(2)15-17-22/h18-20,22H,3-17H2,1-2H3. The molecule has 1 aromatic heterocycles. The average Bonchev–Trinajstić information content (AvgIpc) is 2.64. The largest absolute Gasteiger partial charge is 0.241 e. The molecule has 0 bridgehead atoms. The lowest BCUT2D eigenvalue weighted by atomic mass is 9.82. The predicted molar refractivity (Wildman–Crippen MR) is 108 cm³/mol. The molecule has 1 aliphatic carbocycles. The maximum absolute atomic E-state index is 4.68. The van der Waals surface area contributed by atoms with E-state index in [1.54, 1.807) is 0 Å². The minimum absolute atomic E-state index is 0.613. The fraction of sp³-hybridized carbons (Fsp3) is 0.826. The molecule has 1 aromatic rings. The van der Waals surface area contributed by atoms with Gasteiger partial charge >= 0.3 is 0 Å². The molecule has 0 amide bonds. The van der Waals surface area contributed by atoms with Crippen LogP contribution in [-0.2, 0) is 6.42 Å². The molecule has 0 aromatic carbocycles. The van der Waals surface area contributed by atoms with Gasteiger partial charge in [-0.25, -0.2) is 9.97 Å². The summed E-state index contributed by atoms with van der Waals surface area (Å²) >= 11 is 0. The fourth-order valence-electron chi connectivity index (χ4n) is 4.04. The molecule has 0 spiro atoms. The van der Waals surface area contributed by atoms with Crippen LogP contribution in [0.15, 0.2) is 12.4 Å². The Hall–Kier alpha value is -0.920. The molecule has 0 N–H and O–H groups in total. The van der Waals surface area contributed by atoms with Gasteiger partial charge in [-0.15, -0.1) is 0 Å². The molecule has 142 valence electrons. The highest BCUT2D eigenvalue weighted by Gasteiger charge is 2.21. The Morgan fingerprint density at radius 2 is 1.28 bits per heavy atom. The van der Waals surface area contributed by atoms with Crippen molar-refractivity contribution in [2.45, 2.75) is 116 Å². The summed E-state index contributed by atoms with van der Waals surface area (Å²) in [6.07, 6.45) is 24.6. The van der Waals surface area contributed by atoms with Gasteiger partial charge in [-0.3, -0.25) is 0 Å². The van der Waals surface area contributed by atoms with Gasteiger partial charge in [0.2, 0.25) is 0 Å². The highest BCUT2D eigenvalue weighted by atomic mass is 14.9. The molecule has 1 fully saturated rings. The van der Waals surface area contributed by atoms with Crippen molar-refractivity contribution in [1.82, 2.24) is 9.97 Å². The maximum atomic E-state index is 4.68. The van der Waals surface area contributed by atoms with Crippen molar-refractivity contribution in [3.05, 3.63) is 23.8 Å². The smallest absolute Gasteiger partial charge is 0.131 e. The zero-order valence-corrected chi connectivity index (χ0v) is 16.8. The topological polar surface area (TPSA) is 25.8 Å². The normalized spacial score (nSPS) is 20.7. The second-order valence-corrected chi connectivity index (χ2v) is 8.34. The first-order chi connectivity index (χ1) is 12.3. The molecule has 2 nitrogen and oxygen atoms in total. The van der Waals surface area contributed by atoms with E-state index < -0.39 is 0 Å². The van der Waals surface area contributed by atoms with E-state index in [2.05, 4.69) is 36.2 Å². The highest BCUT2D eigenvalue weighted by molar-refractivity contribution is 5.08. The van der Waals surface area contributed by atoms with Crippen LogP contribution in [0, 0.1) is 5.92 Å². The van der Waals surface area contributed by atoms with Gasteiger partial charge in [0.1, 0.15) is 5.82 Å². The molecule has 1 heterocycles. The summed E-state index contributed by atoms with van der Waals surface area (Å²) in [4.78, 5) is 9.36. The number of rotatable bonds is 12. The summed E-state index contributed by atoms with van der Waals surface area (Å²) in [6.45, 7) is 4.65. The lowest BCUT2D eigenvalue weighted by molar-refractivity contribution is 0.339. The average molecular weight is 345 g/mol. The molecule has 0 saturated heterocycles. The monoisotopic (exact) mass is 344 g/mol. The Morgan fingerprint density at radius 1 is 0.760 bits per heavy atom. The summed E-state index contributed by atoms with van der Waals surface area (Å²) < 4.78 is 0. The fourth-order valence-corrected chi connectivity index (χ4v) is 4.04. The van der Waals surface area contributed by atoms with Gasteiger partial charge in [0.05, 0.1) is 0 Å². The second-order valence-electron chi connectivity index (χ2n) is 8.34. The number of nitrogens with zero attached hydrogens (tertiary/aromatic N) is 2. The summed E-state index contributed by atoms with van der Waals surface area (Å²) in [5.74, 6) is 2.60. The van der Waals surface area contributed by atoms with Gasteiger partial charge in [-0.2, -0.15) is 0 Å². The number of hydrogen-bond acceptors (Lipinski definition) is 2. The van der Waals surface area contributed by atoms with E-state index in [4.69, 9.17) is 0 Å². The van der Waals surface area contributed by atoms with Gasteiger partial charge < -0.3 is 0 Å². The van der Waals surface area contributed by atoms with Crippen LogP contribution in [0.3, 0.4) is 0 Å². The highest BCUT2D eigenvalue weighted by Crippen LogP contribution is 2.33. The van der Waals surface area contributed by atoms with Gasteiger partial charge in [0, 0.05) is 18.3 Å². The molecule has 0 radical (unpaired) electrons. The molecule has 2 rings (SSSR count). The SMILES string of the molecule is CCCCCCCCCCCCc1cnc(C2CCC(C)CC2)nc1. The molecule has 1 aliphatic rings. The Kier molecular flexibility index (Phi) is 10.1. The van der Waals surface area contributed by atoms with Crippen LogP contribution < -0.4 is 0 Å². The summed E-state index contributed by atoms with van der Waals surface area (Å²) in [6, 6.07) is 0. The van der Waals surface area contributed by atoms with E-state index in [-0.39, 0.29) is 0 Å². The van der Waals surface area contributed by atoms with Crippen LogP contribution in [0.2, 0.25) is 0 Å². The minimum atomic E-state index is 0.613. The first kappa shape index (κ1) is 20.4. The van der Waals surface area contributed by atoms with E-state index in [1.165, 1.54) is 95.5 Å². The van der Waals surface area contributed by atoms with Crippen molar-refractivity contribution in [1.29, 1.82) is 0 Å². The molecule has 2 heteroatoms. The molecular formula is C23H40N2. The summed E-state index contributed by atoms with van der Waals surface area (Å²) in [5, 5.41) is 0. The maximum Gasteiger partial charge on any atom is 0.131 e.